The highest BCUT2D eigenvalue weighted by Crippen LogP contribution is 2.48. The van der Waals surface area contributed by atoms with Crippen LogP contribution in [0.2, 0.25) is 0 Å². The topological polar surface area (TPSA) is 49.4 Å². The van der Waals surface area contributed by atoms with E-state index in [9.17, 15) is 9.59 Å². The van der Waals surface area contributed by atoms with Crippen LogP contribution in [0.15, 0.2) is 48.5 Å². The van der Waals surface area contributed by atoms with Crippen LogP contribution in [0, 0.1) is 11.8 Å². The number of nitrogens with one attached hydrogen (secondary N) is 1. The number of benzene rings is 2. The van der Waals surface area contributed by atoms with E-state index in [2.05, 4.69) is 17.4 Å². The zero-order chi connectivity index (χ0) is 18.3. The first kappa shape index (κ1) is 16.8. The monoisotopic (exact) mass is 348 g/mol. The van der Waals surface area contributed by atoms with Gasteiger partial charge >= 0.3 is 0 Å². The summed E-state index contributed by atoms with van der Waals surface area (Å²) in [4.78, 5) is 26.7. The number of fused-ring (bicyclic) bond motifs is 1. The first-order valence-corrected chi connectivity index (χ1v) is 9.34. The van der Waals surface area contributed by atoms with Gasteiger partial charge in [0.15, 0.2) is 0 Å². The Hall–Kier alpha value is -2.62. The summed E-state index contributed by atoms with van der Waals surface area (Å²) in [7, 11) is 0. The summed E-state index contributed by atoms with van der Waals surface area (Å²) in [6.45, 7) is 4.57. The first-order chi connectivity index (χ1) is 12.5. The van der Waals surface area contributed by atoms with Gasteiger partial charge in [-0.05, 0) is 48.1 Å². The minimum Gasteiger partial charge on any atom is -0.326 e. The zero-order valence-electron chi connectivity index (χ0n) is 15.2. The lowest BCUT2D eigenvalue weighted by atomic mass is 10.1. The Kier molecular flexibility index (Phi) is 4.27. The molecule has 4 heteroatoms. The summed E-state index contributed by atoms with van der Waals surface area (Å²) in [6.07, 6.45) is 1.75. The van der Waals surface area contributed by atoms with Crippen molar-refractivity contribution in [3.63, 3.8) is 0 Å². The Labute approximate surface area is 154 Å². The van der Waals surface area contributed by atoms with E-state index in [-0.39, 0.29) is 23.7 Å². The van der Waals surface area contributed by atoms with Crippen LogP contribution in [0.3, 0.4) is 0 Å². The standard InChI is InChI=1S/C22H24N2O2/c1-14(2)22(26)24-11-10-16-12-17(8-9-20(16)24)23-21(25)19-13-18(19)15-6-4-3-5-7-15/h3-9,12,14,18-19H,10-11,13H2,1-2H3,(H,23,25). The van der Waals surface area contributed by atoms with E-state index in [0.29, 0.717) is 5.92 Å². The minimum atomic E-state index is -0.00915. The fourth-order valence-corrected chi connectivity index (χ4v) is 3.81. The molecule has 4 nitrogen and oxygen atoms in total. The minimum absolute atomic E-state index is 0.00915. The second kappa shape index (κ2) is 6.60. The second-order valence-corrected chi connectivity index (χ2v) is 7.59. The highest BCUT2D eigenvalue weighted by Gasteiger charge is 2.43. The fourth-order valence-electron chi connectivity index (χ4n) is 3.81. The molecule has 1 aliphatic carbocycles. The van der Waals surface area contributed by atoms with E-state index in [4.69, 9.17) is 0 Å². The molecule has 26 heavy (non-hydrogen) atoms. The number of amides is 2. The lowest BCUT2D eigenvalue weighted by Crippen LogP contribution is -2.32. The summed E-state index contributed by atoms with van der Waals surface area (Å²) >= 11 is 0. The van der Waals surface area contributed by atoms with Crippen molar-refractivity contribution in [2.75, 3.05) is 16.8 Å². The SMILES string of the molecule is CC(C)C(=O)N1CCc2cc(NC(=O)C3CC3c3ccccc3)ccc21. The molecule has 1 N–H and O–H groups in total. The van der Waals surface area contributed by atoms with Crippen LogP contribution in [-0.4, -0.2) is 18.4 Å². The van der Waals surface area contributed by atoms with Crippen LogP contribution in [0.5, 0.6) is 0 Å². The third-order valence-electron chi connectivity index (χ3n) is 5.36. The number of anilines is 2. The molecule has 0 radical (unpaired) electrons. The number of nitrogens with zero attached hydrogens (tertiary/aromatic N) is 1. The number of hydrogen-bond acceptors (Lipinski definition) is 2. The van der Waals surface area contributed by atoms with Gasteiger partial charge in [-0.3, -0.25) is 9.59 Å². The molecule has 2 aromatic rings. The maximum absolute atomic E-state index is 12.5. The van der Waals surface area contributed by atoms with E-state index in [1.165, 1.54) is 5.56 Å². The molecule has 0 saturated heterocycles. The number of rotatable bonds is 4. The zero-order valence-corrected chi connectivity index (χ0v) is 15.2. The Morgan fingerprint density at radius 1 is 1.12 bits per heavy atom. The van der Waals surface area contributed by atoms with Crippen molar-refractivity contribution in [3.05, 3.63) is 59.7 Å². The van der Waals surface area contributed by atoms with Crippen molar-refractivity contribution < 1.29 is 9.59 Å². The molecular formula is C22H24N2O2. The van der Waals surface area contributed by atoms with Crippen molar-refractivity contribution >= 4 is 23.2 Å². The van der Waals surface area contributed by atoms with Crippen molar-refractivity contribution in [3.8, 4) is 0 Å². The van der Waals surface area contributed by atoms with Crippen LogP contribution in [0.1, 0.15) is 37.3 Å². The van der Waals surface area contributed by atoms with E-state index in [1.54, 1.807) is 0 Å². The van der Waals surface area contributed by atoms with Crippen LogP contribution in [0.25, 0.3) is 0 Å². The second-order valence-electron chi connectivity index (χ2n) is 7.59. The van der Waals surface area contributed by atoms with E-state index in [1.807, 2.05) is 55.1 Å². The van der Waals surface area contributed by atoms with Crippen LogP contribution >= 0.6 is 0 Å². The molecule has 1 saturated carbocycles. The molecule has 1 aliphatic heterocycles. The van der Waals surface area contributed by atoms with Gasteiger partial charge < -0.3 is 10.2 Å². The van der Waals surface area contributed by atoms with E-state index < -0.39 is 0 Å². The molecule has 4 rings (SSSR count). The summed E-state index contributed by atoms with van der Waals surface area (Å²) in [5.41, 5.74) is 4.18. The van der Waals surface area contributed by atoms with Gasteiger partial charge in [0.1, 0.15) is 0 Å². The molecule has 1 fully saturated rings. The predicted molar refractivity (Wildman–Crippen MR) is 103 cm³/mol. The van der Waals surface area contributed by atoms with Gasteiger partial charge in [-0.2, -0.15) is 0 Å². The molecule has 0 bridgehead atoms. The third-order valence-corrected chi connectivity index (χ3v) is 5.36. The highest BCUT2D eigenvalue weighted by molar-refractivity contribution is 5.98. The number of carbonyl (C=O) groups excluding carboxylic acids is 2. The van der Waals surface area contributed by atoms with Gasteiger partial charge in [-0.1, -0.05) is 44.2 Å². The van der Waals surface area contributed by atoms with Crippen molar-refractivity contribution in [2.45, 2.75) is 32.6 Å². The summed E-state index contributed by atoms with van der Waals surface area (Å²) in [6, 6.07) is 16.1. The maximum Gasteiger partial charge on any atom is 0.229 e. The average Bonchev–Trinajstić information content (AvgIpc) is 3.35. The average molecular weight is 348 g/mol. The molecular weight excluding hydrogens is 324 g/mol. The van der Waals surface area contributed by atoms with Crippen molar-refractivity contribution in [2.24, 2.45) is 11.8 Å². The van der Waals surface area contributed by atoms with Crippen molar-refractivity contribution in [1.29, 1.82) is 0 Å². The molecule has 2 aromatic carbocycles. The molecule has 2 amide bonds. The normalized spacial score (nSPS) is 20.8. The molecule has 134 valence electrons. The van der Waals surface area contributed by atoms with Crippen LogP contribution < -0.4 is 10.2 Å². The van der Waals surface area contributed by atoms with Gasteiger partial charge in [0, 0.05) is 29.8 Å². The van der Waals surface area contributed by atoms with E-state index >= 15 is 0 Å². The fraction of sp³-hybridized carbons (Fsp3) is 0.364. The van der Waals surface area contributed by atoms with E-state index in [0.717, 1.165) is 36.3 Å². The molecule has 0 aromatic heterocycles. The molecule has 2 aliphatic rings. The summed E-state index contributed by atoms with van der Waals surface area (Å²) in [5, 5.41) is 3.06. The predicted octanol–water partition coefficient (Wildman–Crippen LogP) is 3.97. The maximum atomic E-state index is 12.5. The van der Waals surface area contributed by atoms with Crippen LogP contribution in [0.4, 0.5) is 11.4 Å². The smallest absolute Gasteiger partial charge is 0.229 e. The highest BCUT2D eigenvalue weighted by atomic mass is 16.2. The van der Waals surface area contributed by atoms with Gasteiger partial charge in [0.05, 0.1) is 0 Å². The lowest BCUT2D eigenvalue weighted by molar-refractivity contribution is -0.121. The largest absolute Gasteiger partial charge is 0.326 e. The van der Waals surface area contributed by atoms with Crippen LogP contribution in [-0.2, 0) is 16.0 Å². The number of carbonyl (C=O) groups is 2. The van der Waals surface area contributed by atoms with Gasteiger partial charge in [0.2, 0.25) is 11.8 Å². The Balaban J connectivity index is 1.43. The Bertz CT molecular complexity index is 844. The first-order valence-electron chi connectivity index (χ1n) is 9.34. The Morgan fingerprint density at radius 3 is 2.62 bits per heavy atom. The lowest BCUT2D eigenvalue weighted by Gasteiger charge is -2.19. The molecule has 1 heterocycles. The summed E-state index contributed by atoms with van der Waals surface area (Å²) in [5.74, 6) is 0.635. The Morgan fingerprint density at radius 2 is 1.88 bits per heavy atom. The third kappa shape index (κ3) is 3.12. The summed E-state index contributed by atoms with van der Waals surface area (Å²) < 4.78 is 0. The van der Waals surface area contributed by atoms with Gasteiger partial charge in [-0.25, -0.2) is 0 Å². The molecule has 2 atom stereocenters. The van der Waals surface area contributed by atoms with Crippen molar-refractivity contribution in [1.82, 2.24) is 0 Å². The van der Waals surface area contributed by atoms with Gasteiger partial charge in [0.25, 0.3) is 0 Å². The quantitative estimate of drug-likeness (QED) is 0.909. The number of hydrogen-bond donors (Lipinski definition) is 1. The molecule has 0 spiro atoms. The molecule has 2 unspecified atom stereocenters. The van der Waals surface area contributed by atoms with Gasteiger partial charge in [-0.15, -0.1) is 0 Å².